The van der Waals surface area contributed by atoms with Gasteiger partial charge in [-0.3, -0.25) is 19.7 Å². The summed E-state index contributed by atoms with van der Waals surface area (Å²) in [6, 6.07) is -0.610. The molecule has 106 valence electrons. The predicted octanol–water partition coefficient (Wildman–Crippen LogP) is -0.715. The van der Waals surface area contributed by atoms with Crippen LogP contribution in [-0.2, 0) is 14.4 Å². The van der Waals surface area contributed by atoms with Crippen molar-refractivity contribution in [3.8, 4) is 0 Å². The molecule has 1 aliphatic rings. The van der Waals surface area contributed by atoms with Crippen molar-refractivity contribution in [2.24, 2.45) is 11.7 Å². The SMILES string of the molecule is NC(=O)C1CCCN(C(=O)NC(=O)CCC(=O)O)C1. The van der Waals surface area contributed by atoms with E-state index in [1.165, 1.54) is 4.90 Å². The molecule has 0 aromatic rings. The first kappa shape index (κ1) is 14.9. The van der Waals surface area contributed by atoms with E-state index in [-0.39, 0.29) is 19.4 Å². The zero-order valence-corrected chi connectivity index (χ0v) is 10.4. The Morgan fingerprint density at radius 1 is 1.26 bits per heavy atom. The molecule has 1 aliphatic heterocycles. The summed E-state index contributed by atoms with van der Waals surface area (Å²) in [6.45, 7) is 0.634. The first-order valence-electron chi connectivity index (χ1n) is 6.00. The highest BCUT2D eigenvalue weighted by Gasteiger charge is 2.27. The van der Waals surface area contributed by atoms with Gasteiger partial charge in [-0.15, -0.1) is 0 Å². The number of nitrogens with two attached hydrogens (primary N) is 1. The zero-order valence-electron chi connectivity index (χ0n) is 10.4. The quantitative estimate of drug-likeness (QED) is 0.621. The van der Waals surface area contributed by atoms with Crippen molar-refractivity contribution in [1.29, 1.82) is 0 Å². The number of urea groups is 1. The molecule has 1 saturated heterocycles. The third-order valence-corrected chi connectivity index (χ3v) is 2.92. The van der Waals surface area contributed by atoms with E-state index in [9.17, 15) is 19.2 Å². The zero-order chi connectivity index (χ0) is 14.4. The molecule has 0 saturated carbocycles. The summed E-state index contributed by atoms with van der Waals surface area (Å²) >= 11 is 0. The number of hydrogen-bond donors (Lipinski definition) is 3. The van der Waals surface area contributed by atoms with Gasteiger partial charge in [0.2, 0.25) is 11.8 Å². The molecule has 4 N–H and O–H groups in total. The van der Waals surface area contributed by atoms with Crippen molar-refractivity contribution < 1.29 is 24.3 Å². The monoisotopic (exact) mass is 271 g/mol. The average Bonchev–Trinajstić information content (AvgIpc) is 2.36. The Bertz CT molecular complexity index is 396. The Labute approximate surface area is 109 Å². The van der Waals surface area contributed by atoms with E-state index in [0.29, 0.717) is 19.4 Å². The molecule has 0 aromatic heterocycles. The number of likely N-dealkylation sites (tertiary alicyclic amines) is 1. The van der Waals surface area contributed by atoms with Crippen LogP contribution >= 0.6 is 0 Å². The Kier molecular flexibility index (Phi) is 5.28. The number of carbonyl (C=O) groups excluding carboxylic acids is 3. The van der Waals surface area contributed by atoms with E-state index >= 15 is 0 Å². The standard InChI is InChI=1S/C11H17N3O5/c12-10(18)7-2-1-5-14(6-7)11(19)13-8(15)3-4-9(16)17/h7H,1-6H2,(H2,12,18)(H,16,17)(H,13,15,19). The van der Waals surface area contributed by atoms with Crippen LogP contribution < -0.4 is 11.1 Å². The van der Waals surface area contributed by atoms with Gasteiger partial charge in [0, 0.05) is 19.5 Å². The van der Waals surface area contributed by atoms with Gasteiger partial charge in [-0.05, 0) is 12.8 Å². The third kappa shape index (κ3) is 4.94. The summed E-state index contributed by atoms with van der Waals surface area (Å²) < 4.78 is 0. The van der Waals surface area contributed by atoms with Crippen LogP contribution in [0.25, 0.3) is 0 Å². The summed E-state index contributed by atoms with van der Waals surface area (Å²) in [5.41, 5.74) is 5.18. The van der Waals surface area contributed by atoms with E-state index in [1.54, 1.807) is 0 Å². The van der Waals surface area contributed by atoms with E-state index < -0.39 is 29.7 Å². The number of rotatable bonds is 4. The fourth-order valence-electron chi connectivity index (χ4n) is 1.88. The maximum absolute atomic E-state index is 11.7. The lowest BCUT2D eigenvalue weighted by atomic mass is 9.98. The number of carboxylic acids is 1. The van der Waals surface area contributed by atoms with Crippen molar-refractivity contribution in [3.05, 3.63) is 0 Å². The number of nitrogens with one attached hydrogen (secondary N) is 1. The molecule has 0 aliphatic carbocycles. The molecule has 1 heterocycles. The fraction of sp³-hybridized carbons (Fsp3) is 0.636. The van der Waals surface area contributed by atoms with Crippen LogP contribution in [0.3, 0.4) is 0 Å². The minimum atomic E-state index is -1.10. The Balaban J connectivity index is 2.42. The number of aliphatic carboxylic acids is 1. The highest BCUT2D eigenvalue weighted by Crippen LogP contribution is 2.15. The molecule has 1 fully saturated rings. The topological polar surface area (TPSA) is 130 Å². The lowest BCUT2D eigenvalue weighted by Gasteiger charge is -2.30. The van der Waals surface area contributed by atoms with Gasteiger partial charge in [-0.1, -0.05) is 0 Å². The normalized spacial score (nSPS) is 18.7. The molecule has 0 spiro atoms. The Hall–Kier alpha value is -2.12. The van der Waals surface area contributed by atoms with E-state index in [2.05, 4.69) is 5.32 Å². The second-order valence-electron chi connectivity index (χ2n) is 4.43. The summed E-state index contributed by atoms with van der Waals surface area (Å²) in [5, 5.41) is 10.5. The number of hydrogen-bond acceptors (Lipinski definition) is 4. The fourth-order valence-corrected chi connectivity index (χ4v) is 1.88. The number of carboxylic acid groups (broad SMARTS) is 1. The molecule has 0 radical (unpaired) electrons. The maximum atomic E-state index is 11.7. The average molecular weight is 271 g/mol. The largest absolute Gasteiger partial charge is 0.481 e. The van der Waals surface area contributed by atoms with Crippen LogP contribution in [0.1, 0.15) is 25.7 Å². The number of imide groups is 1. The number of nitrogens with zero attached hydrogens (tertiary/aromatic N) is 1. The highest BCUT2D eigenvalue weighted by molar-refractivity contribution is 5.95. The first-order chi connectivity index (χ1) is 8.90. The van der Waals surface area contributed by atoms with Gasteiger partial charge in [0.05, 0.1) is 12.3 Å². The molecule has 1 unspecified atom stereocenters. The molecule has 1 atom stereocenters. The number of piperidine rings is 1. The van der Waals surface area contributed by atoms with Gasteiger partial charge >= 0.3 is 12.0 Å². The summed E-state index contributed by atoms with van der Waals surface area (Å²) in [5.74, 6) is -2.61. The van der Waals surface area contributed by atoms with Crippen LogP contribution in [0.2, 0.25) is 0 Å². The summed E-state index contributed by atoms with van der Waals surface area (Å²) in [7, 11) is 0. The second kappa shape index (κ2) is 6.72. The molecule has 4 amide bonds. The van der Waals surface area contributed by atoms with Crippen molar-refractivity contribution in [2.75, 3.05) is 13.1 Å². The lowest BCUT2D eigenvalue weighted by molar-refractivity contribution is -0.138. The van der Waals surface area contributed by atoms with Gasteiger partial charge in [0.15, 0.2) is 0 Å². The lowest BCUT2D eigenvalue weighted by Crippen LogP contribution is -2.49. The number of carbonyl (C=O) groups is 4. The Morgan fingerprint density at radius 2 is 1.95 bits per heavy atom. The van der Waals surface area contributed by atoms with Crippen LogP contribution in [0.4, 0.5) is 4.79 Å². The maximum Gasteiger partial charge on any atom is 0.324 e. The number of primary amides is 1. The smallest absolute Gasteiger partial charge is 0.324 e. The molecule has 1 rings (SSSR count). The van der Waals surface area contributed by atoms with Crippen molar-refractivity contribution >= 4 is 23.8 Å². The van der Waals surface area contributed by atoms with Crippen molar-refractivity contribution in [3.63, 3.8) is 0 Å². The molecular weight excluding hydrogens is 254 g/mol. The minimum Gasteiger partial charge on any atom is -0.481 e. The van der Waals surface area contributed by atoms with Crippen molar-refractivity contribution in [1.82, 2.24) is 10.2 Å². The van der Waals surface area contributed by atoms with Crippen LogP contribution in [-0.4, -0.2) is 46.9 Å². The van der Waals surface area contributed by atoms with Crippen LogP contribution in [0, 0.1) is 5.92 Å². The molecule has 8 nitrogen and oxygen atoms in total. The molecule has 8 heteroatoms. The van der Waals surface area contributed by atoms with Gasteiger partial charge in [0.1, 0.15) is 0 Å². The van der Waals surface area contributed by atoms with E-state index in [1.807, 2.05) is 0 Å². The molecule has 0 aromatic carbocycles. The minimum absolute atomic E-state index is 0.188. The van der Waals surface area contributed by atoms with Gasteiger partial charge in [-0.2, -0.15) is 0 Å². The van der Waals surface area contributed by atoms with E-state index in [0.717, 1.165) is 0 Å². The predicted molar refractivity (Wildman–Crippen MR) is 63.9 cm³/mol. The van der Waals surface area contributed by atoms with Gasteiger partial charge in [0.25, 0.3) is 0 Å². The van der Waals surface area contributed by atoms with Gasteiger partial charge < -0.3 is 15.7 Å². The summed E-state index contributed by atoms with van der Waals surface area (Å²) in [6.07, 6.45) is 0.688. The highest BCUT2D eigenvalue weighted by atomic mass is 16.4. The second-order valence-corrected chi connectivity index (χ2v) is 4.43. The van der Waals surface area contributed by atoms with E-state index in [4.69, 9.17) is 10.8 Å². The Morgan fingerprint density at radius 3 is 2.53 bits per heavy atom. The molecule has 0 bridgehead atoms. The molecular formula is C11H17N3O5. The van der Waals surface area contributed by atoms with Crippen molar-refractivity contribution in [2.45, 2.75) is 25.7 Å². The van der Waals surface area contributed by atoms with Crippen LogP contribution in [0.15, 0.2) is 0 Å². The third-order valence-electron chi connectivity index (χ3n) is 2.92. The number of amides is 4. The van der Waals surface area contributed by atoms with Gasteiger partial charge in [-0.25, -0.2) is 4.79 Å². The first-order valence-corrected chi connectivity index (χ1v) is 6.00. The van der Waals surface area contributed by atoms with Crippen LogP contribution in [0.5, 0.6) is 0 Å². The molecule has 19 heavy (non-hydrogen) atoms. The summed E-state index contributed by atoms with van der Waals surface area (Å²) in [4.78, 5) is 45.7.